The van der Waals surface area contributed by atoms with Gasteiger partial charge in [-0.05, 0) is 35.9 Å². The Morgan fingerprint density at radius 2 is 2.05 bits per heavy atom. The number of halogens is 1. The van der Waals surface area contributed by atoms with Gasteiger partial charge < -0.3 is 9.84 Å². The summed E-state index contributed by atoms with van der Waals surface area (Å²) < 4.78 is 5.48. The number of ether oxygens (including phenoxy) is 1. The van der Waals surface area contributed by atoms with Crippen LogP contribution in [0.3, 0.4) is 0 Å². The van der Waals surface area contributed by atoms with Crippen molar-refractivity contribution >= 4 is 17.6 Å². The second-order valence-electron chi connectivity index (χ2n) is 3.94. The van der Waals surface area contributed by atoms with Gasteiger partial charge in [0.05, 0.1) is 0 Å². The normalized spacial score (nSPS) is 11.8. The quantitative estimate of drug-likeness (QED) is 0.913. The van der Waals surface area contributed by atoms with Crippen LogP contribution in [0.1, 0.15) is 11.5 Å². The molecule has 1 atom stereocenters. The first-order valence-corrected chi connectivity index (χ1v) is 6.05. The predicted molar refractivity (Wildman–Crippen MR) is 71.6 cm³/mol. The largest absolute Gasteiger partial charge is 0.492 e. The monoisotopic (exact) mass is 277 g/mol. The maximum absolute atomic E-state index is 11.3. The molecule has 0 saturated heterocycles. The number of pyridine rings is 1. The van der Waals surface area contributed by atoms with Crippen LogP contribution < -0.4 is 4.74 Å². The van der Waals surface area contributed by atoms with Crippen LogP contribution in [0.2, 0.25) is 5.02 Å². The molecule has 0 aliphatic rings. The smallest absolute Gasteiger partial charge is 0.314 e. The van der Waals surface area contributed by atoms with E-state index in [-0.39, 0.29) is 6.61 Å². The Morgan fingerprint density at radius 1 is 1.32 bits per heavy atom. The fourth-order valence-corrected chi connectivity index (χ4v) is 1.82. The van der Waals surface area contributed by atoms with E-state index < -0.39 is 11.9 Å². The Kier molecular flexibility index (Phi) is 4.36. The number of hydrogen-bond acceptors (Lipinski definition) is 3. The molecule has 0 saturated carbocycles. The maximum atomic E-state index is 11.3. The summed E-state index contributed by atoms with van der Waals surface area (Å²) in [6, 6.07) is 10.2. The molecule has 0 aliphatic carbocycles. The third-order valence-corrected chi connectivity index (χ3v) is 2.85. The van der Waals surface area contributed by atoms with Gasteiger partial charge in [0.2, 0.25) is 0 Å². The lowest BCUT2D eigenvalue weighted by Gasteiger charge is -2.14. The summed E-state index contributed by atoms with van der Waals surface area (Å²) >= 11 is 5.84. The highest BCUT2D eigenvalue weighted by Crippen LogP contribution is 2.21. The Balaban J connectivity index is 2.08. The van der Waals surface area contributed by atoms with Crippen LogP contribution >= 0.6 is 11.6 Å². The van der Waals surface area contributed by atoms with E-state index in [1.807, 2.05) is 0 Å². The predicted octanol–water partition coefficient (Wildman–Crippen LogP) is 2.98. The van der Waals surface area contributed by atoms with Crippen molar-refractivity contribution in [3.63, 3.8) is 0 Å². The zero-order chi connectivity index (χ0) is 13.7. The van der Waals surface area contributed by atoms with Crippen LogP contribution in [0.15, 0.2) is 48.8 Å². The molecule has 2 rings (SSSR count). The Bertz CT molecular complexity index is 560. The highest BCUT2D eigenvalue weighted by molar-refractivity contribution is 6.30. The van der Waals surface area contributed by atoms with Gasteiger partial charge in [-0.25, -0.2) is 0 Å². The molecule has 0 radical (unpaired) electrons. The highest BCUT2D eigenvalue weighted by Gasteiger charge is 2.20. The molecule has 0 fully saturated rings. The number of benzene rings is 1. The number of rotatable bonds is 5. The minimum Gasteiger partial charge on any atom is -0.492 e. The number of carboxylic acid groups (broad SMARTS) is 1. The zero-order valence-corrected chi connectivity index (χ0v) is 10.7. The number of aromatic nitrogens is 1. The van der Waals surface area contributed by atoms with Gasteiger partial charge in [-0.15, -0.1) is 0 Å². The van der Waals surface area contributed by atoms with Crippen molar-refractivity contribution in [1.82, 2.24) is 4.98 Å². The van der Waals surface area contributed by atoms with Crippen molar-refractivity contribution in [2.75, 3.05) is 6.61 Å². The molecular weight excluding hydrogens is 266 g/mol. The number of aliphatic carboxylic acids is 1. The highest BCUT2D eigenvalue weighted by atomic mass is 35.5. The molecule has 19 heavy (non-hydrogen) atoms. The number of carboxylic acids is 1. The summed E-state index contributed by atoms with van der Waals surface area (Å²) in [6.45, 7) is 0.0414. The molecule has 4 nitrogen and oxygen atoms in total. The molecule has 1 aromatic carbocycles. The van der Waals surface area contributed by atoms with E-state index in [4.69, 9.17) is 16.3 Å². The molecule has 1 aromatic heterocycles. The molecule has 1 unspecified atom stereocenters. The molecule has 5 heteroatoms. The first-order chi connectivity index (χ1) is 9.16. The van der Waals surface area contributed by atoms with Crippen LogP contribution in [-0.2, 0) is 4.79 Å². The zero-order valence-electron chi connectivity index (χ0n) is 9.99. The van der Waals surface area contributed by atoms with E-state index in [2.05, 4.69) is 4.98 Å². The lowest BCUT2D eigenvalue weighted by atomic mass is 10.0. The van der Waals surface area contributed by atoms with Crippen LogP contribution in [0.5, 0.6) is 5.75 Å². The van der Waals surface area contributed by atoms with Crippen LogP contribution in [0.4, 0.5) is 0 Å². The van der Waals surface area contributed by atoms with Crippen LogP contribution in [-0.4, -0.2) is 22.7 Å². The van der Waals surface area contributed by atoms with E-state index in [0.29, 0.717) is 16.3 Å². The third kappa shape index (κ3) is 3.69. The van der Waals surface area contributed by atoms with Gasteiger partial charge in [0, 0.05) is 17.4 Å². The molecule has 98 valence electrons. The molecule has 2 aromatic rings. The van der Waals surface area contributed by atoms with Gasteiger partial charge in [0.1, 0.15) is 18.3 Å². The lowest BCUT2D eigenvalue weighted by Crippen LogP contribution is -2.19. The van der Waals surface area contributed by atoms with Crippen LogP contribution in [0, 0.1) is 0 Å². The fraction of sp³-hybridized carbons (Fsp3) is 0.143. The Morgan fingerprint density at radius 3 is 2.68 bits per heavy atom. The van der Waals surface area contributed by atoms with Gasteiger partial charge in [0.25, 0.3) is 0 Å². The van der Waals surface area contributed by atoms with Crippen molar-refractivity contribution in [2.24, 2.45) is 0 Å². The van der Waals surface area contributed by atoms with Crippen molar-refractivity contribution in [3.05, 3.63) is 59.4 Å². The van der Waals surface area contributed by atoms with E-state index in [0.717, 1.165) is 0 Å². The summed E-state index contributed by atoms with van der Waals surface area (Å²) in [4.78, 5) is 15.1. The standard InChI is InChI=1S/C14H12ClNO3/c15-11-2-1-3-12(8-11)19-9-13(14(17)18)10-4-6-16-7-5-10/h1-8,13H,9H2,(H,17,18). The summed E-state index contributed by atoms with van der Waals surface area (Å²) in [5.41, 5.74) is 0.657. The maximum Gasteiger partial charge on any atom is 0.314 e. The Hall–Kier alpha value is -2.07. The molecule has 1 N–H and O–H groups in total. The first-order valence-electron chi connectivity index (χ1n) is 5.68. The fourth-order valence-electron chi connectivity index (χ4n) is 1.64. The van der Waals surface area contributed by atoms with Gasteiger partial charge in [-0.3, -0.25) is 9.78 Å². The van der Waals surface area contributed by atoms with Crippen molar-refractivity contribution in [2.45, 2.75) is 5.92 Å². The topological polar surface area (TPSA) is 59.4 Å². The van der Waals surface area contributed by atoms with Gasteiger partial charge in [0.15, 0.2) is 0 Å². The first kappa shape index (κ1) is 13.4. The van der Waals surface area contributed by atoms with E-state index in [1.165, 1.54) is 0 Å². The van der Waals surface area contributed by atoms with Crippen LogP contribution in [0.25, 0.3) is 0 Å². The molecule has 0 aliphatic heterocycles. The minimum atomic E-state index is -0.937. The molecule has 1 heterocycles. The number of nitrogens with zero attached hydrogens (tertiary/aromatic N) is 1. The van der Waals surface area contributed by atoms with Gasteiger partial charge in [-0.1, -0.05) is 17.7 Å². The second kappa shape index (κ2) is 6.20. The number of hydrogen-bond donors (Lipinski definition) is 1. The summed E-state index contributed by atoms with van der Waals surface area (Å²) in [6.07, 6.45) is 3.12. The molecular formula is C14H12ClNO3. The summed E-state index contributed by atoms with van der Waals surface area (Å²) in [5, 5.41) is 9.78. The van der Waals surface area contributed by atoms with Crippen molar-refractivity contribution in [1.29, 1.82) is 0 Å². The lowest BCUT2D eigenvalue weighted by molar-refractivity contribution is -0.139. The summed E-state index contributed by atoms with van der Waals surface area (Å²) in [7, 11) is 0. The van der Waals surface area contributed by atoms with E-state index >= 15 is 0 Å². The summed E-state index contributed by atoms with van der Waals surface area (Å²) in [5.74, 6) is -1.12. The average Bonchev–Trinajstić information content (AvgIpc) is 2.40. The average molecular weight is 278 g/mol. The van der Waals surface area contributed by atoms with Gasteiger partial charge >= 0.3 is 5.97 Å². The van der Waals surface area contributed by atoms with Crippen molar-refractivity contribution in [3.8, 4) is 5.75 Å². The van der Waals surface area contributed by atoms with E-state index in [1.54, 1.807) is 48.8 Å². The van der Waals surface area contributed by atoms with Gasteiger partial charge in [-0.2, -0.15) is 0 Å². The van der Waals surface area contributed by atoms with Crippen molar-refractivity contribution < 1.29 is 14.6 Å². The molecule has 0 amide bonds. The third-order valence-electron chi connectivity index (χ3n) is 2.62. The Labute approximate surface area is 115 Å². The second-order valence-corrected chi connectivity index (χ2v) is 4.38. The minimum absolute atomic E-state index is 0.0414. The molecule has 0 bridgehead atoms. The SMILES string of the molecule is O=C(O)C(COc1cccc(Cl)c1)c1ccncc1. The van der Waals surface area contributed by atoms with E-state index in [9.17, 15) is 9.90 Å². The molecule has 0 spiro atoms. The number of carbonyl (C=O) groups is 1.